The molecule has 2 aromatic carbocycles. The van der Waals surface area contributed by atoms with Crippen LogP contribution < -0.4 is 0 Å². The summed E-state index contributed by atoms with van der Waals surface area (Å²) in [7, 11) is 0. The van der Waals surface area contributed by atoms with E-state index in [2.05, 4.69) is 20.1 Å². The van der Waals surface area contributed by atoms with Crippen LogP contribution in [0.25, 0.3) is 22.6 Å². The summed E-state index contributed by atoms with van der Waals surface area (Å²) in [6, 6.07) is 14.8. The molecule has 6 nitrogen and oxygen atoms in total. The van der Waals surface area contributed by atoms with E-state index in [0.29, 0.717) is 5.02 Å². The minimum absolute atomic E-state index is 0.255. The summed E-state index contributed by atoms with van der Waals surface area (Å²) < 4.78 is 0. The van der Waals surface area contributed by atoms with Crippen LogP contribution in [0.1, 0.15) is 16.8 Å². The van der Waals surface area contributed by atoms with Crippen molar-refractivity contribution in [3.8, 4) is 28.4 Å². The summed E-state index contributed by atoms with van der Waals surface area (Å²) in [6.07, 6.45) is 4.69. The first-order valence-corrected chi connectivity index (χ1v) is 10.2. The summed E-state index contributed by atoms with van der Waals surface area (Å²) in [5.74, 6) is 0.994. The van der Waals surface area contributed by atoms with Crippen LogP contribution in [-0.2, 0) is 19.5 Å². The zero-order chi connectivity index (χ0) is 20.5. The third-order valence-corrected chi connectivity index (χ3v) is 5.64. The molecular weight excluding hydrogens is 398 g/mol. The van der Waals surface area contributed by atoms with E-state index in [-0.39, 0.29) is 5.75 Å². The first-order chi connectivity index (χ1) is 14.7. The number of hydrogen-bond donors (Lipinski definition) is 2. The monoisotopic (exact) mass is 417 g/mol. The van der Waals surface area contributed by atoms with Gasteiger partial charge in [0.25, 0.3) is 0 Å². The number of rotatable bonds is 4. The largest absolute Gasteiger partial charge is 0.508 e. The number of benzene rings is 2. The number of nitrogens with zero attached hydrogens (tertiary/aromatic N) is 4. The number of aromatic amines is 1. The molecule has 2 N–H and O–H groups in total. The highest BCUT2D eigenvalue weighted by molar-refractivity contribution is 6.30. The normalized spacial score (nSPS) is 13.9. The fourth-order valence-electron chi connectivity index (χ4n) is 3.80. The Labute approximate surface area is 179 Å². The van der Waals surface area contributed by atoms with Crippen molar-refractivity contribution < 1.29 is 5.11 Å². The number of H-pyrrole nitrogens is 1. The minimum atomic E-state index is 0.255. The predicted molar refractivity (Wildman–Crippen MR) is 116 cm³/mol. The topological polar surface area (TPSA) is 77.9 Å². The van der Waals surface area contributed by atoms with E-state index in [4.69, 9.17) is 16.6 Å². The minimum Gasteiger partial charge on any atom is -0.508 e. The molecule has 0 aliphatic carbocycles. The lowest BCUT2D eigenvalue weighted by molar-refractivity contribution is 0.243. The number of phenolic OH excluding ortho intramolecular Hbond substituents is 1. The molecule has 2 aromatic heterocycles. The molecule has 0 saturated carbocycles. The molecule has 0 unspecified atom stereocenters. The van der Waals surface area contributed by atoms with Gasteiger partial charge in [-0.05, 0) is 48.5 Å². The maximum absolute atomic E-state index is 9.53. The molecule has 0 radical (unpaired) electrons. The number of phenols is 1. The highest BCUT2D eigenvalue weighted by Crippen LogP contribution is 2.27. The van der Waals surface area contributed by atoms with Gasteiger partial charge in [0.15, 0.2) is 5.82 Å². The maximum atomic E-state index is 9.53. The summed E-state index contributed by atoms with van der Waals surface area (Å²) in [5.41, 5.74) is 6.36. The lowest BCUT2D eigenvalue weighted by atomic mass is 10.0. The van der Waals surface area contributed by atoms with E-state index in [9.17, 15) is 5.11 Å². The van der Waals surface area contributed by atoms with Gasteiger partial charge < -0.3 is 5.11 Å². The lowest BCUT2D eigenvalue weighted by Gasteiger charge is -2.28. The van der Waals surface area contributed by atoms with Gasteiger partial charge in [0.1, 0.15) is 5.75 Å². The van der Waals surface area contributed by atoms with Crippen LogP contribution in [-0.4, -0.2) is 36.7 Å². The summed E-state index contributed by atoms with van der Waals surface area (Å²) in [6.45, 7) is 2.51. The number of aromatic hydroxyl groups is 1. The molecule has 7 heteroatoms. The lowest BCUT2D eigenvalue weighted by Crippen LogP contribution is -2.31. The van der Waals surface area contributed by atoms with Crippen LogP contribution in [0.5, 0.6) is 5.75 Å². The van der Waals surface area contributed by atoms with Crippen molar-refractivity contribution in [3.05, 3.63) is 82.8 Å². The summed E-state index contributed by atoms with van der Waals surface area (Å²) in [5, 5.41) is 17.6. The van der Waals surface area contributed by atoms with E-state index >= 15 is 0 Å². The van der Waals surface area contributed by atoms with E-state index in [1.54, 1.807) is 12.1 Å². The zero-order valence-electron chi connectivity index (χ0n) is 16.2. The molecule has 4 aromatic rings. The summed E-state index contributed by atoms with van der Waals surface area (Å²) >= 11 is 5.98. The van der Waals surface area contributed by atoms with Gasteiger partial charge in [-0.3, -0.25) is 10.00 Å². The molecule has 5 rings (SSSR count). The van der Waals surface area contributed by atoms with E-state index in [0.717, 1.165) is 65.5 Å². The molecular formula is C23H20ClN5O. The van der Waals surface area contributed by atoms with E-state index in [1.807, 2.05) is 48.8 Å². The Balaban J connectivity index is 1.33. The molecule has 0 bridgehead atoms. The van der Waals surface area contributed by atoms with Crippen LogP contribution in [0, 0.1) is 0 Å². The van der Waals surface area contributed by atoms with Crippen molar-refractivity contribution in [1.82, 2.24) is 25.1 Å². The Hall–Kier alpha value is -3.22. The fourth-order valence-corrected chi connectivity index (χ4v) is 3.92. The molecule has 0 atom stereocenters. The quantitative estimate of drug-likeness (QED) is 0.513. The van der Waals surface area contributed by atoms with Gasteiger partial charge in [0, 0.05) is 59.5 Å². The predicted octanol–water partition coefficient (Wildman–Crippen LogP) is 4.45. The fraction of sp³-hybridized carbons (Fsp3) is 0.174. The van der Waals surface area contributed by atoms with Crippen LogP contribution in [0.15, 0.2) is 60.9 Å². The Morgan fingerprint density at radius 3 is 2.57 bits per heavy atom. The summed E-state index contributed by atoms with van der Waals surface area (Å²) in [4.78, 5) is 11.7. The highest BCUT2D eigenvalue weighted by atomic mass is 35.5. The van der Waals surface area contributed by atoms with Gasteiger partial charge in [-0.15, -0.1) is 0 Å². The zero-order valence-corrected chi connectivity index (χ0v) is 17.0. The van der Waals surface area contributed by atoms with Crippen molar-refractivity contribution >= 4 is 11.6 Å². The SMILES string of the molecule is Oc1ccc(-c2[nH]ncc2CN2CCc3nc(-c4ccc(Cl)cc4)ncc3C2)cc1. The molecule has 30 heavy (non-hydrogen) atoms. The highest BCUT2D eigenvalue weighted by Gasteiger charge is 2.20. The molecule has 3 heterocycles. The van der Waals surface area contributed by atoms with E-state index in [1.165, 1.54) is 0 Å². The number of hydrogen-bond acceptors (Lipinski definition) is 5. The molecule has 1 aliphatic heterocycles. The van der Waals surface area contributed by atoms with Gasteiger partial charge in [-0.1, -0.05) is 11.6 Å². The van der Waals surface area contributed by atoms with E-state index < -0.39 is 0 Å². The Bertz CT molecular complexity index is 1170. The second kappa shape index (κ2) is 7.89. The first kappa shape index (κ1) is 18.8. The molecule has 1 aliphatic rings. The van der Waals surface area contributed by atoms with Crippen molar-refractivity contribution in [1.29, 1.82) is 0 Å². The van der Waals surface area contributed by atoms with Gasteiger partial charge in [-0.25, -0.2) is 9.97 Å². The second-order valence-corrected chi connectivity index (χ2v) is 7.89. The van der Waals surface area contributed by atoms with Crippen LogP contribution >= 0.6 is 11.6 Å². The standard InChI is InChI=1S/C23H20ClN5O/c24-19-5-1-16(2-6-19)23-25-11-17-13-29(10-9-21(17)27-23)14-18-12-26-28-22(18)15-3-7-20(30)8-4-15/h1-8,11-12,30H,9-10,13-14H2,(H,26,28). The smallest absolute Gasteiger partial charge is 0.159 e. The second-order valence-electron chi connectivity index (χ2n) is 7.45. The van der Waals surface area contributed by atoms with Gasteiger partial charge in [0.05, 0.1) is 17.6 Å². The Morgan fingerprint density at radius 1 is 1.00 bits per heavy atom. The third-order valence-electron chi connectivity index (χ3n) is 5.38. The van der Waals surface area contributed by atoms with Gasteiger partial charge in [-0.2, -0.15) is 5.10 Å². The third kappa shape index (κ3) is 3.79. The molecule has 0 fully saturated rings. The number of halogens is 1. The molecule has 0 spiro atoms. The average molecular weight is 418 g/mol. The van der Waals surface area contributed by atoms with Crippen molar-refractivity contribution in [2.24, 2.45) is 0 Å². The average Bonchev–Trinajstić information content (AvgIpc) is 3.22. The van der Waals surface area contributed by atoms with Crippen molar-refractivity contribution in [2.75, 3.05) is 6.54 Å². The molecule has 0 amide bonds. The van der Waals surface area contributed by atoms with Crippen molar-refractivity contribution in [2.45, 2.75) is 19.5 Å². The van der Waals surface area contributed by atoms with Crippen LogP contribution in [0.2, 0.25) is 5.02 Å². The molecule has 150 valence electrons. The van der Waals surface area contributed by atoms with Crippen molar-refractivity contribution in [3.63, 3.8) is 0 Å². The van der Waals surface area contributed by atoms with Gasteiger partial charge >= 0.3 is 0 Å². The van der Waals surface area contributed by atoms with Gasteiger partial charge in [0.2, 0.25) is 0 Å². The molecule has 0 saturated heterocycles. The Morgan fingerprint density at radius 2 is 1.77 bits per heavy atom. The first-order valence-electron chi connectivity index (χ1n) is 9.80. The maximum Gasteiger partial charge on any atom is 0.159 e. The number of fused-ring (bicyclic) bond motifs is 1. The van der Waals surface area contributed by atoms with Crippen LogP contribution in [0.4, 0.5) is 0 Å². The van der Waals surface area contributed by atoms with Crippen LogP contribution in [0.3, 0.4) is 0 Å². The Kier molecular flexibility index (Phi) is 4.94. The number of aromatic nitrogens is 4. The number of nitrogens with one attached hydrogen (secondary N) is 1.